The maximum absolute atomic E-state index is 9.61. The average molecular weight is 236 g/mol. The molecular weight excluding hydrogens is 225 g/mol. The third kappa shape index (κ3) is 2.30. The number of aromatic hydroxyl groups is 1. The number of hydrogen-bond acceptors (Lipinski definition) is 3. The van der Waals surface area contributed by atoms with Crippen molar-refractivity contribution in [2.75, 3.05) is 13.7 Å². The molecule has 1 aromatic carbocycles. The summed E-state index contributed by atoms with van der Waals surface area (Å²) >= 11 is 11.5. The van der Waals surface area contributed by atoms with E-state index in [0.29, 0.717) is 10.6 Å². The van der Waals surface area contributed by atoms with E-state index < -0.39 is 0 Å². The molecule has 0 bridgehead atoms. The van der Waals surface area contributed by atoms with Crippen molar-refractivity contribution >= 4 is 23.2 Å². The predicted molar refractivity (Wildman–Crippen MR) is 57.0 cm³/mol. The van der Waals surface area contributed by atoms with E-state index in [9.17, 15) is 5.11 Å². The second kappa shape index (κ2) is 4.84. The van der Waals surface area contributed by atoms with Crippen molar-refractivity contribution in [3.8, 4) is 5.75 Å². The molecule has 5 heteroatoms. The summed E-state index contributed by atoms with van der Waals surface area (Å²) in [6.07, 6.45) is 0. The topological polar surface area (TPSA) is 52.5 Å². The van der Waals surface area contributed by atoms with E-state index in [2.05, 4.69) is 5.32 Å². The minimum atomic E-state index is -0.369. The zero-order chi connectivity index (χ0) is 10.7. The largest absolute Gasteiger partial charge is 0.506 e. The molecule has 0 heterocycles. The monoisotopic (exact) mass is 235 g/mol. The van der Waals surface area contributed by atoms with Gasteiger partial charge in [-0.05, 0) is 19.2 Å². The van der Waals surface area contributed by atoms with E-state index in [1.54, 1.807) is 13.1 Å². The molecule has 78 valence electrons. The van der Waals surface area contributed by atoms with Gasteiger partial charge in [-0.2, -0.15) is 0 Å². The van der Waals surface area contributed by atoms with Gasteiger partial charge in [-0.25, -0.2) is 0 Å². The number of phenols is 1. The number of benzene rings is 1. The summed E-state index contributed by atoms with van der Waals surface area (Å²) in [6.45, 7) is -0.138. The van der Waals surface area contributed by atoms with Crippen LogP contribution >= 0.6 is 23.2 Å². The Bertz CT molecular complexity index is 327. The minimum absolute atomic E-state index is 0.0514. The molecule has 0 unspecified atom stereocenters. The summed E-state index contributed by atoms with van der Waals surface area (Å²) < 4.78 is 0. The number of nitrogens with one attached hydrogen (secondary N) is 1. The molecular formula is C9H11Cl2NO2. The van der Waals surface area contributed by atoms with E-state index in [-0.39, 0.29) is 23.4 Å². The molecule has 0 saturated heterocycles. The molecule has 0 amide bonds. The van der Waals surface area contributed by atoms with Crippen LogP contribution < -0.4 is 5.32 Å². The normalized spacial score (nSPS) is 12.9. The second-order valence-corrected chi connectivity index (χ2v) is 3.69. The highest BCUT2D eigenvalue weighted by molar-refractivity contribution is 6.35. The maximum Gasteiger partial charge on any atom is 0.139 e. The van der Waals surface area contributed by atoms with Gasteiger partial charge in [0.15, 0.2) is 0 Å². The molecule has 0 radical (unpaired) electrons. The van der Waals surface area contributed by atoms with Gasteiger partial charge in [-0.15, -0.1) is 0 Å². The Morgan fingerprint density at radius 1 is 1.43 bits per heavy atom. The Morgan fingerprint density at radius 2 is 2.07 bits per heavy atom. The summed E-state index contributed by atoms with van der Waals surface area (Å²) in [7, 11) is 1.68. The molecule has 0 aliphatic rings. The molecule has 3 nitrogen and oxygen atoms in total. The standard InChI is InChI=1S/C9H11Cl2NO2/c1-12-8(4-13)6-2-5(10)3-7(11)9(6)14/h2-3,8,12-14H,4H2,1H3/t8-/m1/s1. The zero-order valence-corrected chi connectivity index (χ0v) is 9.10. The summed E-state index contributed by atoms with van der Waals surface area (Å²) in [4.78, 5) is 0. The van der Waals surface area contributed by atoms with Crippen LogP contribution in [-0.4, -0.2) is 23.9 Å². The van der Waals surface area contributed by atoms with Gasteiger partial charge < -0.3 is 15.5 Å². The Hall–Kier alpha value is -0.480. The van der Waals surface area contributed by atoms with Crippen molar-refractivity contribution in [2.24, 2.45) is 0 Å². The van der Waals surface area contributed by atoms with Gasteiger partial charge in [0.25, 0.3) is 0 Å². The third-order valence-electron chi connectivity index (χ3n) is 1.96. The van der Waals surface area contributed by atoms with E-state index >= 15 is 0 Å². The number of halogens is 2. The van der Waals surface area contributed by atoms with Crippen LogP contribution in [-0.2, 0) is 0 Å². The molecule has 0 spiro atoms. The average Bonchev–Trinajstić information content (AvgIpc) is 2.15. The van der Waals surface area contributed by atoms with Gasteiger partial charge in [0.2, 0.25) is 0 Å². The first-order chi connectivity index (χ1) is 6.60. The van der Waals surface area contributed by atoms with E-state index in [0.717, 1.165) is 0 Å². The molecule has 1 atom stereocenters. The molecule has 1 rings (SSSR count). The lowest BCUT2D eigenvalue weighted by molar-refractivity contribution is 0.248. The fraction of sp³-hybridized carbons (Fsp3) is 0.333. The van der Waals surface area contributed by atoms with Crippen LogP contribution in [0, 0.1) is 0 Å². The van der Waals surface area contributed by atoms with Crippen molar-refractivity contribution in [3.05, 3.63) is 27.7 Å². The molecule has 1 aromatic rings. The van der Waals surface area contributed by atoms with Crippen molar-refractivity contribution in [1.29, 1.82) is 0 Å². The fourth-order valence-electron chi connectivity index (χ4n) is 1.20. The van der Waals surface area contributed by atoms with Gasteiger partial charge in [0.1, 0.15) is 5.75 Å². The number of rotatable bonds is 3. The molecule has 0 aromatic heterocycles. The van der Waals surface area contributed by atoms with Crippen LogP contribution in [0.15, 0.2) is 12.1 Å². The smallest absolute Gasteiger partial charge is 0.139 e. The Morgan fingerprint density at radius 3 is 2.57 bits per heavy atom. The van der Waals surface area contributed by atoms with Crippen LogP contribution in [0.3, 0.4) is 0 Å². The second-order valence-electron chi connectivity index (χ2n) is 2.85. The summed E-state index contributed by atoms with van der Waals surface area (Å²) in [5, 5.41) is 22.1. The first-order valence-electron chi connectivity index (χ1n) is 4.06. The highest BCUT2D eigenvalue weighted by Gasteiger charge is 2.15. The molecule has 3 N–H and O–H groups in total. The highest BCUT2D eigenvalue weighted by Crippen LogP contribution is 2.34. The zero-order valence-electron chi connectivity index (χ0n) is 7.59. The van der Waals surface area contributed by atoms with E-state index in [1.165, 1.54) is 6.07 Å². The van der Waals surface area contributed by atoms with Crippen molar-refractivity contribution in [2.45, 2.75) is 6.04 Å². The molecule has 14 heavy (non-hydrogen) atoms. The molecule has 0 aliphatic heterocycles. The quantitative estimate of drug-likeness (QED) is 0.751. The molecule has 0 saturated carbocycles. The lowest BCUT2D eigenvalue weighted by atomic mass is 10.1. The summed E-state index contributed by atoms with van der Waals surface area (Å²) in [6, 6.07) is 2.65. The number of likely N-dealkylation sites (N-methyl/N-ethyl adjacent to an activating group) is 1. The maximum atomic E-state index is 9.61. The molecule has 0 fully saturated rings. The van der Waals surface area contributed by atoms with Crippen molar-refractivity contribution < 1.29 is 10.2 Å². The Kier molecular flexibility index (Phi) is 4.01. The summed E-state index contributed by atoms with van der Waals surface area (Å²) in [5.41, 5.74) is 0.493. The van der Waals surface area contributed by atoms with Crippen LogP contribution in [0.1, 0.15) is 11.6 Å². The number of phenolic OH excluding ortho intramolecular Hbond substituents is 1. The lowest BCUT2D eigenvalue weighted by Gasteiger charge is -2.16. The van der Waals surface area contributed by atoms with E-state index in [1.807, 2.05) is 0 Å². The molecule has 0 aliphatic carbocycles. The van der Waals surface area contributed by atoms with Gasteiger partial charge in [0, 0.05) is 10.6 Å². The number of hydrogen-bond donors (Lipinski definition) is 3. The van der Waals surface area contributed by atoms with Crippen molar-refractivity contribution in [3.63, 3.8) is 0 Å². The van der Waals surface area contributed by atoms with Gasteiger partial charge >= 0.3 is 0 Å². The van der Waals surface area contributed by atoms with Crippen LogP contribution in [0.25, 0.3) is 0 Å². The Labute approximate surface area is 92.3 Å². The van der Waals surface area contributed by atoms with Crippen LogP contribution in [0.4, 0.5) is 0 Å². The number of aliphatic hydroxyl groups is 1. The predicted octanol–water partition coefficient (Wildman–Crippen LogP) is 1.95. The van der Waals surface area contributed by atoms with Crippen LogP contribution in [0.5, 0.6) is 5.75 Å². The lowest BCUT2D eigenvalue weighted by Crippen LogP contribution is -2.20. The van der Waals surface area contributed by atoms with Gasteiger partial charge in [0.05, 0.1) is 17.7 Å². The SMILES string of the molecule is CN[C@H](CO)c1cc(Cl)cc(Cl)c1O. The van der Waals surface area contributed by atoms with Crippen molar-refractivity contribution in [1.82, 2.24) is 5.32 Å². The highest BCUT2D eigenvalue weighted by atomic mass is 35.5. The van der Waals surface area contributed by atoms with Crippen LogP contribution in [0.2, 0.25) is 10.0 Å². The fourth-order valence-corrected chi connectivity index (χ4v) is 1.71. The summed E-state index contributed by atoms with van der Waals surface area (Å²) in [5.74, 6) is -0.0514. The van der Waals surface area contributed by atoms with Gasteiger partial charge in [-0.3, -0.25) is 0 Å². The first kappa shape index (κ1) is 11.6. The number of aliphatic hydroxyl groups excluding tert-OH is 1. The first-order valence-corrected chi connectivity index (χ1v) is 4.81. The van der Waals surface area contributed by atoms with E-state index in [4.69, 9.17) is 28.3 Å². The van der Waals surface area contributed by atoms with Gasteiger partial charge in [-0.1, -0.05) is 23.2 Å². The third-order valence-corrected chi connectivity index (χ3v) is 2.47. The Balaban J connectivity index is 3.18. The minimum Gasteiger partial charge on any atom is -0.506 e.